The third kappa shape index (κ3) is 7.58. The number of imidazole rings is 1. The quantitative estimate of drug-likeness (QED) is 0.163. The highest BCUT2D eigenvalue weighted by Crippen LogP contribution is 2.37. The minimum absolute atomic E-state index is 0.118. The van der Waals surface area contributed by atoms with E-state index in [-0.39, 0.29) is 34.8 Å². The Balaban J connectivity index is 0.885. The maximum absolute atomic E-state index is 13.5. The number of hydrogen-bond donors (Lipinski definition) is 3. The molecule has 0 bridgehead atoms. The standard InChI is InChI=1S/C42H50ClN9O5/c1-42(2,57)29-22-31-26(21-32(29)45-40(55)37-30(43)7-6-18-44-37)24-51(47-31)28-12-10-25(11-13-28)23-48(3)27-16-19-50(20-17-27)33-8-5-9-34-38(33)49(4)41(56)52(34)35-14-15-36(53)46-39(35)54/h5-9,18,21-22,24-25,27-28,35,57H,10-17,19-20,23H2,1-4H3,(H,45,55)(H,46,53,54). The van der Waals surface area contributed by atoms with Crippen LogP contribution in [0.5, 0.6) is 0 Å². The number of amides is 3. The average Bonchev–Trinajstić information content (AvgIpc) is 3.72. The van der Waals surface area contributed by atoms with Gasteiger partial charge in [0.1, 0.15) is 11.7 Å². The molecule has 1 unspecified atom stereocenters. The van der Waals surface area contributed by atoms with E-state index >= 15 is 0 Å². The highest BCUT2D eigenvalue weighted by molar-refractivity contribution is 6.34. The Labute approximate surface area is 335 Å². The van der Waals surface area contributed by atoms with Crippen molar-refractivity contribution in [1.82, 2.24) is 34.1 Å². The van der Waals surface area contributed by atoms with Crippen LogP contribution in [0.25, 0.3) is 21.9 Å². The predicted molar refractivity (Wildman–Crippen MR) is 220 cm³/mol. The maximum atomic E-state index is 13.5. The Morgan fingerprint density at radius 2 is 1.79 bits per heavy atom. The number of aryl methyl sites for hydroxylation is 1. The normalized spacial score (nSPS) is 21.1. The number of halogens is 1. The lowest BCUT2D eigenvalue weighted by atomic mass is 9.85. The molecule has 0 spiro atoms. The summed E-state index contributed by atoms with van der Waals surface area (Å²) in [6, 6.07) is 12.9. The number of para-hydroxylation sites is 1. The molecule has 5 heterocycles. The molecule has 3 N–H and O–H groups in total. The minimum atomic E-state index is -1.23. The number of piperidine rings is 2. The number of nitrogens with zero attached hydrogens (tertiary/aromatic N) is 7. The monoisotopic (exact) mass is 795 g/mol. The van der Waals surface area contributed by atoms with Crippen molar-refractivity contribution in [3.05, 3.63) is 81.6 Å². The summed E-state index contributed by atoms with van der Waals surface area (Å²) in [5, 5.41) is 22.4. The van der Waals surface area contributed by atoms with Crippen LogP contribution < -0.4 is 21.2 Å². The molecule has 1 saturated carbocycles. The Kier molecular flexibility index (Phi) is 10.5. The summed E-state index contributed by atoms with van der Waals surface area (Å²) in [6.07, 6.45) is 10.3. The van der Waals surface area contributed by atoms with Gasteiger partial charge in [-0.25, -0.2) is 9.78 Å². The maximum Gasteiger partial charge on any atom is 0.329 e. The third-order valence-electron chi connectivity index (χ3n) is 12.3. The second-order valence-electron chi connectivity index (χ2n) is 16.6. The number of aromatic nitrogens is 5. The number of carbonyl (C=O) groups excluding carboxylic acids is 3. The van der Waals surface area contributed by atoms with E-state index in [0.717, 1.165) is 80.3 Å². The molecule has 3 aromatic heterocycles. The number of benzene rings is 2. The Hall–Kier alpha value is -5.05. The largest absolute Gasteiger partial charge is 0.386 e. The van der Waals surface area contributed by atoms with Gasteiger partial charge in [0.15, 0.2) is 0 Å². The van der Waals surface area contributed by atoms with E-state index < -0.39 is 23.5 Å². The number of aliphatic hydroxyl groups is 1. The topological polar surface area (TPSA) is 160 Å². The summed E-state index contributed by atoms with van der Waals surface area (Å²) in [7, 11) is 4.00. The molecule has 5 aromatic rings. The van der Waals surface area contributed by atoms with E-state index in [1.54, 1.807) is 42.2 Å². The van der Waals surface area contributed by atoms with E-state index in [9.17, 15) is 24.3 Å². The van der Waals surface area contributed by atoms with Crippen LogP contribution in [0, 0.1) is 5.92 Å². The second kappa shape index (κ2) is 15.4. The average molecular weight is 796 g/mol. The smallest absolute Gasteiger partial charge is 0.329 e. The minimum Gasteiger partial charge on any atom is -0.386 e. The molecule has 300 valence electrons. The van der Waals surface area contributed by atoms with Crippen molar-refractivity contribution in [3.8, 4) is 0 Å². The molecule has 3 amide bonds. The highest BCUT2D eigenvalue weighted by Gasteiger charge is 2.33. The van der Waals surface area contributed by atoms with Gasteiger partial charge in [0, 0.05) is 68.2 Å². The fourth-order valence-corrected chi connectivity index (χ4v) is 9.43. The molecular weight excluding hydrogens is 746 g/mol. The van der Waals surface area contributed by atoms with Crippen molar-refractivity contribution in [2.75, 3.05) is 36.9 Å². The van der Waals surface area contributed by atoms with Gasteiger partial charge < -0.3 is 20.2 Å². The van der Waals surface area contributed by atoms with Crippen LogP contribution in [-0.4, -0.2) is 84.4 Å². The SMILES string of the molecule is CN(CC1CCC(n2cc3cc(NC(=O)c4ncccc4Cl)c(C(C)(C)O)cc3n2)CC1)C1CCN(c2cccc3c2n(C)c(=O)n3C2CCC(=O)NC2=O)CC1. The summed E-state index contributed by atoms with van der Waals surface area (Å²) in [4.78, 5) is 60.1. The molecule has 2 aliphatic heterocycles. The van der Waals surface area contributed by atoms with Crippen LogP contribution >= 0.6 is 11.6 Å². The van der Waals surface area contributed by atoms with Gasteiger partial charge >= 0.3 is 5.69 Å². The van der Waals surface area contributed by atoms with Crippen molar-refractivity contribution in [2.24, 2.45) is 13.0 Å². The molecule has 15 heteroatoms. The van der Waals surface area contributed by atoms with Gasteiger partial charge in [-0.05, 0) is 108 Å². The van der Waals surface area contributed by atoms with Crippen LogP contribution in [0.2, 0.25) is 5.02 Å². The van der Waals surface area contributed by atoms with Crippen molar-refractivity contribution in [1.29, 1.82) is 0 Å². The van der Waals surface area contributed by atoms with Gasteiger partial charge in [0.2, 0.25) is 11.8 Å². The molecule has 1 aliphatic carbocycles. The summed E-state index contributed by atoms with van der Waals surface area (Å²) >= 11 is 6.24. The number of hydrogen-bond acceptors (Lipinski definition) is 9. The zero-order chi connectivity index (χ0) is 40.2. The van der Waals surface area contributed by atoms with Crippen LogP contribution in [0.3, 0.4) is 0 Å². The number of nitrogens with one attached hydrogen (secondary N) is 2. The fourth-order valence-electron chi connectivity index (χ4n) is 9.22. The molecule has 0 radical (unpaired) electrons. The lowest BCUT2D eigenvalue weighted by molar-refractivity contribution is -0.135. The molecule has 3 fully saturated rings. The zero-order valence-corrected chi connectivity index (χ0v) is 33.6. The number of imide groups is 1. The first-order chi connectivity index (χ1) is 27.3. The van der Waals surface area contributed by atoms with Crippen LogP contribution in [0.4, 0.5) is 11.4 Å². The fraction of sp³-hybridized carbons (Fsp3) is 0.476. The molecule has 14 nitrogen and oxygen atoms in total. The molecular formula is C42H50ClN9O5. The second-order valence-corrected chi connectivity index (χ2v) is 17.0. The van der Waals surface area contributed by atoms with Crippen LogP contribution in [0.1, 0.15) is 93.3 Å². The van der Waals surface area contributed by atoms with Gasteiger partial charge in [-0.2, -0.15) is 5.10 Å². The van der Waals surface area contributed by atoms with E-state index in [1.807, 2.05) is 30.5 Å². The molecule has 2 saturated heterocycles. The van der Waals surface area contributed by atoms with Crippen LogP contribution in [-0.2, 0) is 22.2 Å². The first-order valence-corrected chi connectivity index (χ1v) is 20.3. The van der Waals surface area contributed by atoms with Crippen molar-refractivity contribution in [3.63, 3.8) is 0 Å². The Morgan fingerprint density at radius 1 is 1.04 bits per heavy atom. The molecule has 3 aliphatic rings. The summed E-state index contributed by atoms with van der Waals surface area (Å²) in [6.45, 7) is 6.14. The number of rotatable bonds is 9. The summed E-state index contributed by atoms with van der Waals surface area (Å²) in [5.74, 6) is -0.583. The molecule has 1 atom stereocenters. The van der Waals surface area contributed by atoms with Crippen LogP contribution in [0.15, 0.2) is 59.7 Å². The van der Waals surface area contributed by atoms with E-state index in [0.29, 0.717) is 35.1 Å². The Bertz CT molecular complexity index is 2410. The first kappa shape index (κ1) is 38.8. The summed E-state index contributed by atoms with van der Waals surface area (Å²) < 4.78 is 5.25. The molecule has 8 rings (SSSR count). The lowest BCUT2D eigenvalue weighted by Gasteiger charge is -2.40. The van der Waals surface area contributed by atoms with Crippen molar-refractivity contribution < 1.29 is 19.5 Å². The van der Waals surface area contributed by atoms with Gasteiger partial charge in [0.05, 0.1) is 38.9 Å². The molecule has 2 aromatic carbocycles. The third-order valence-corrected chi connectivity index (χ3v) is 12.6. The molecule has 57 heavy (non-hydrogen) atoms. The first-order valence-electron chi connectivity index (χ1n) is 19.9. The van der Waals surface area contributed by atoms with Crippen molar-refractivity contribution >= 4 is 62.6 Å². The zero-order valence-electron chi connectivity index (χ0n) is 32.9. The predicted octanol–water partition coefficient (Wildman–Crippen LogP) is 5.53. The van der Waals surface area contributed by atoms with Gasteiger partial charge in [-0.1, -0.05) is 17.7 Å². The number of carbonyl (C=O) groups is 3. The van der Waals surface area contributed by atoms with Gasteiger partial charge in [-0.3, -0.25) is 33.5 Å². The number of anilines is 2. The van der Waals surface area contributed by atoms with E-state index in [4.69, 9.17) is 16.7 Å². The number of fused-ring (bicyclic) bond motifs is 2. The van der Waals surface area contributed by atoms with Gasteiger partial charge in [-0.15, -0.1) is 0 Å². The van der Waals surface area contributed by atoms with Crippen molar-refractivity contribution in [2.45, 2.75) is 88.9 Å². The lowest BCUT2D eigenvalue weighted by Crippen LogP contribution is -2.45. The van der Waals surface area contributed by atoms with Gasteiger partial charge in [0.25, 0.3) is 5.91 Å². The highest BCUT2D eigenvalue weighted by atomic mass is 35.5. The Morgan fingerprint density at radius 3 is 2.49 bits per heavy atom. The number of pyridine rings is 1. The van der Waals surface area contributed by atoms with E-state index in [1.165, 1.54) is 6.20 Å². The van der Waals surface area contributed by atoms with E-state index in [2.05, 4.69) is 43.2 Å². The summed E-state index contributed by atoms with van der Waals surface area (Å²) in [5.41, 5.74) is 2.98.